The summed E-state index contributed by atoms with van der Waals surface area (Å²) in [5, 5.41) is 11.2. The minimum absolute atomic E-state index is 0.269. The van der Waals surface area contributed by atoms with Gasteiger partial charge in [0.25, 0.3) is 0 Å². The van der Waals surface area contributed by atoms with Gasteiger partial charge in [0.05, 0.1) is 13.2 Å². The van der Waals surface area contributed by atoms with E-state index in [0.717, 1.165) is 22.3 Å². The molecular weight excluding hydrogens is 435 g/mol. The van der Waals surface area contributed by atoms with E-state index in [1.165, 1.54) is 0 Å². The first-order valence-electron chi connectivity index (χ1n) is 11.6. The predicted molar refractivity (Wildman–Crippen MR) is 135 cm³/mol. The van der Waals surface area contributed by atoms with Gasteiger partial charge >= 0.3 is 7.60 Å². The zero-order valence-electron chi connectivity index (χ0n) is 21.7. The summed E-state index contributed by atoms with van der Waals surface area (Å²) >= 11 is 0. The van der Waals surface area contributed by atoms with Gasteiger partial charge in [0.2, 0.25) is 0 Å². The van der Waals surface area contributed by atoms with Crippen LogP contribution in [0.15, 0.2) is 36.7 Å². The van der Waals surface area contributed by atoms with Crippen molar-refractivity contribution in [2.24, 2.45) is 0 Å². The molecule has 2 aromatic rings. The zero-order chi connectivity index (χ0) is 25.0. The molecular formula is C26H41N2O4P. The summed E-state index contributed by atoms with van der Waals surface area (Å²) in [6, 6.07) is 7.79. The highest BCUT2D eigenvalue weighted by atomic mass is 31.2. The van der Waals surface area contributed by atoms with Crippen LogP contribution in [0.2, 0.25) is 0 Å². The molecule has 6 nitrogen and oxygen atoms in total. The van der Waals surface area contributed by atoms with Crippen molar-refractivity contribution in [2.45, 2.75) is 78.5 Å². The molecule has 0 aliphatic rings. The molecule has 1 aromatic carbocycles. The molecule has 0 saturated heterocycles. The quantitative estimate of drug-likeness (QED) is 0.402. The largest absolute Gasteiger partial charge is 0.507 e. The predicted octanol–water partition coefficient (Wildman–Crippen LogP) is 6.78. The lowest BCUT2D eigenvalue weighted by Crippen LogP contribution is -2.27. The van der Waals surface area contributed by atoms with Gasteiger partial charge in [-0.25, -0.2) is 0 Å². The summed E-state index contributed by atoms with van der Waals surface area (Å²) in [4.78, 5) is 6.21. The monoisotopic (exact) mass is 476 g/mol. The first-order chi connectivity index (χ1) is 15.2. The highest BCUT2D eigenvalue weighted by Crippen LogP contribution is 2.63. The summed E-state index contributed by atoms with van der Waals surface area (Å²) in [5.41, 5.74) is 2.80. The maximum absolute atomic E-state index is 14.2. The second-order valence-corrected chi connectivity index (χ2v) is 12.6. The number of phenols is 1. The van der Waals surface area contributed by atoms with Gasteiger partial charge in [0.15, 0.2) is 0 Å². The molecule has 1 N–H and O–H groups in total. The Bertz CT molecular complexity index is 919. The maximum atomic E-state index is 14.2. The van der Waals surface area contributed by atoms with E-state index in [9.17, 15) is 9.67 Å². The minimum Gasteiger partial charge on any atom is -0.507 e. The Morgan fingerprint density at radius 1 is 1.03 bits per heavy atom. The molecule has 1 atom stereocenters. The zero-order valence-corrected chi connectivity index (χ0v) is 22.6. The highest BCUT2D eigenvalue weighted by Gasteiger charge is 2.41. The van der Waals surface area contributed by atoms with Gasteiger partial charge in [-0.3, -0.25) is 14.4 Å². The van der Waals surface area contributed by atoms with Crippen LogP contribution in [-0.4, -0.2) is 35.3 Å². The lowest BCUT2D eigenvalue weighted by Gasteiger charge is -2.36. The molecule has 1 aromatic heterocycles. The second-order valence-electron chi connectivity index (χ2n) is 10.5. The summed E-state index contributed by atoms with van der Waals surface area (Å²) in [5.74, 6) is -0.365. The minimum atomic E-state index is -3.58. The number of pyridine rings is 1. The van der Waals surface area contributed by atoms with E-state index in [0.29, 0.717) is 6.54 Å². The van der Waals surface area contributed by atoms with Crippen LogP contribution < -0.4 is 0 Å². The number of benzene rings is 1. The van der Waals surface area contributed by atoms with E-state index in [-0.39, 0.29) is 29.8 Å². The van der Waals surface area contributed by atoms with Gasteiger partial charge in [-0.1, -0.05) is 47.6 Å². The van der Waals surface area contributed by atoms with Crippen LogP contribution in [0.3, 0.4) is 0 Å². The van der Waals surface area contributed by atoms with Gasteiger partial charge in [-0.05, 0) is 72.2 Å². The fraction of sp³-hybridized carbons (Fsp3) is 0.577. The topological polar surface area (TPSA) is 71.9 Å². The fourth-order valence-corrected chi connectivity index (χ4v) is 6.19. The van der Waals surface area contributed by atoms with E-state index < -0.39 is 13.4 Å². The van der Waals surface area contributed by atoms with Crippen molar-refractivity contribution in [1.82, 2.24) is 9.88 Å². The van der Waals surface area contributed by atoms with E-state index in [1.807, 2.05) is 50.1 Å². The summed E-state index contributed by atoms with van der Waals surface area (Å²) in [7, 11) is -1.66. The average Bonchev–Trinajstić information content (AvgIpc) is 2.68. The van der Waals surface area contributed by atoms with Crippen LogP contribution in [0, 0.1) is 0 Å². The third-order valence-corrected chi connectivity index (χ3v) is 8.06. The molecule has 0 radical (unpaired) electrons. The molecule has 0 spiro atoms. The molecule has 0 amide bonds. The molecule has 0 aliphatic carbocycles. The van der Waals surface area contributed by atoms with Crippen LogP contribution in [-0.2, 0) is 31.0 Å². The van der Waals surface area contributed by atoms with Crippen molar-refractivity contribution in [3.05, 3.63) is 58.9 Å². The smallest absolute Gasteiger partial charge is 0.352 e. The van der Waals surface area contributed by atoms with Crippen LogP contribution in [0.1, 0.15) is 83.4 Å². The Morgan fingerprint density at radius 2 is 1.55 bits per heavy atom. The highest BCUT2D eigenvalue weighted by molar-refractivity contribution is 7.54. The van der Waals surface area contributed by atoms with Crippen LogP contribution in [0.25, 0.3) is 0 Å². The Morgan fingerprint density at radius 3 is 1.94 bits per heavy atom. The summed E-state index contributed by atoms with van der Waals surface area (Å²) < 4.78 is 25.9. The number of aromatic nitrogens is 1. The number of aromatic hydroxyl groups is 1. The van der Waals surface area contributed by atoms with Crippen molar-refractivity contribution in [1.29, 1.82) is 0 Å². The lowest BCUT2D eigenvalue weighted by molar-refractivity contribution is 0.174. The van der Waals surface area contributed by atoms with E-state index in [4.69, 9.17) is 9.05 Å². The van der Waals surface area contributed by atoms with Crippen LogP contribution >= 0.6 is 7.60 Å². The Hall–Kier alpha value is -1.72. The Kier molecular flexibility index (Phi) is 8.92. The number of hydrogen-bond donors (Lipinski definition) is 1. The normalized spacial score (nSPS) is 14.0. The molecule has 7 heteroatoms. The van der Waals surface area contributed by atoms with Crippen molar-refractivity contribution >= 4 is 7.60 Å². The van der Waals surface area contributed by atoms with E-state index >= 15 is 0 Å². The van der Waals surface area contributed by atoms with Crippen molar-refractivity contribution in [2.75, 3.05) is 20.3 Å². The van der Waals surface area contributed by atoms with Gasteiger partial charge < -0.3 is 14.2 Å². The number of rotatable bonds is 9. The summed E-state index contributed by atoms with van der Waals surface area (Å²) in [6.07, 6.45) is 3.54. The van der Waals surface area contributed by atoms with E-state index in [1.54, 1.807) is 12.4 Å². The first-order valence-corrected chi connectivity index (χ1v) is 13.2. The first kappa shape index (κ1) is 27.5. The van der Waals surface area contributed by atoms with Crippen molar-refractivity contribution in [3.8, 4) is 5.75 Å². The van der Waals surface area contributed by atoms with Crippen molar-refractivity contribution in [3.63, 3.8) is 0 Å². The van der Waals surface area contributed by atoms with Gasteiger partial charge in [-0.2, -0.15) is 0 Å². The molecule has 184 valence electrons. The fourth-order valence-electron chi connectivity index (χ4n) is 4.03. The molecule has 1 unspecified atom stereocenters. The average molecular weight is 477 g/mol. The number of hydrogen-bond acceptors (Lipinski definition) is 6. The number of nitrogens with zero attached hydrogens (tertiary/aromatic N) is 2. The molecule has 33 heavy (non-hydrogen) atoms. The summed E-state index contributed by atoms with van der Waals surface area (Å²) in [6.45, 7) is 17.1. The Labute approximate surface area is 199 Å². The second kappa shape index (κ2) is 10.7. The molecule has 0 fully saturated rings. The SMILES string of the molecule is CCOP(=O)(OCC)C(c1cc(C(C)(C)C)c(O)c(C(C)(C)C)c1)N(C)Cc1cccnc1. The third-order valence-electron chi connectivity index (χ3n) is 5.54. The van der Waals surface area contributed by atoms with Crippen LogP contribution in [0.5, 0.6) is 5.75 Å². The molecule has 0 aliphatic heterocycles. The maximum Gasteiger partial charge on any atom is 0.352 e. The third kappa shape index (κ3) is 6.66. The van der Waals surface area contributed by atoms with Crippen molar-refractivity contribution < 1.29 is 18.7 Å². The molecule has 1 heterocycles. The van der Waals surface area contributed by atoms with E-state index in [2.05, 4.69) is 46.5 Å². The Balaban J connectivity index is 2.78. The molecule has 0 bridgehead atoms. The van der Waals surface area contributed by atoms with Gasteiger partial charge in [-0.15, -0.1) is 0 Å². The standard InChI is InChI=1S/C26H41N2O4P/c1-10-31-33(30,32-11-2)24(28(9)18-19-13-12-14-27-17-19)20-15-21(25(3,4)5)23(29)22(16-20)26(6,7)8/h12-17,24,29H,10-11,18H2,1-9H3. The van der Waals surface area contributed by atoms with Crippen LogP contribution in [0.4, 0.5) is 0 Å². The lowest BCUT2D eigenvalue weighted by atomic mass is 9.78. The van der Waals surface area contributed by atoms with Gasteiger partial charge in [0.1, 0.15) is 11.5 Å². The number of phenolic OH excluding ortho intramolecular Hbond substituents is 1. The molecule has 0 saturated carbocycles. The molecule has 2 rings (SSSR count). The van der Waals surface area contributed by atoms with Gasteiger partial charge in [0, 0.05) is 18.9 Å².